The third kappa shape index (κ3) is 25.7. The molecule has 0 radical (unpaired) electrons. The molecule has 0 aliphatic carbocycles. The van der Waals surface area contributed by atoms with Gasteiger partial charge in [0.05, 0.1) is 92.5 Å². The number of rotatable bonds is 25. The highest BCUT2D eigenvalue weighted by atomic mass is 16.6. The lowest BCUT2D eigenvalue weighted by Gasteiger charge is -2.08. The summed E-state index contributed by atoms with van der Waals surface area (Å²) in [5, 5.41) is 0. The van der Waals surface area contributed by atoms with Gasteiger partial charge < -0.3 is 37.9 Å². The van der Waals surface area contributed by atoms with Crippen molar-refractivity contribution in [2.45, 2.75) is 26.7 Å². The lowest BCUT2D eigenvalue weighted by atomic mass is 10.5. The predicted molar refractivity (Wildman–Crippen MR) is 107 cm³/mol. The number of hydrogen-bond acceptors (Lipinski definition) is 8. The van der Waals surface area contributed by atoms with Gasteiger partial charge in [-0.1, -0.05) is 13.8 Å². The molecule has 0 saturated carbocycles. The van der Waals surface area contributed by atoms with Crippen LogP contribution >= 0.6 is 0 Å². The van der Waals surface area contributed by atoms with E-state index in [1.165, 1.54) is 0 Å². The van der Waals surface area contributed by atoms with Gasteiger partial charge in [-0.05, 0) is 12.8 Å². The average Bonchev–Trinajstić information content (AvgIpc) is 2.71. The van der Waals surface area contributed by atoms with Crippen LogP contribution in [0.15, 0.2) is 0 Å². The molecule has 28 heavy (non-hydrogen) atoms. The Labute approximate surface area is 171 Å². The van der Waals surface area contributed by atoms with Gasteiger partial charge in [0.1, 0.15) is 0 Å². The van der Waals surface area contributed by atoms with Crippen molar-refractivity contribution >= 4 is 0 Å². The standard InChI is InChI=1S/C20H42O8/c1-3-5-21-7-9-23-11-13-25-15-17-27-19-20-28-18-16-26-14-12-24-10-8-22-6-4-2/h3-20H2,1-2H3. The highest BCUT2D eigenvalue weighted by Crippen LogP contribution is 1.86. The van der Waals surface area contributed by atoms with E-state index in [4.69, 9.17) is 37.9 Å². The fraction of sp³-hybridized carbons (Fsp3) is 1.00. The van der Waals surface area contributed by atoms with Gasteiger partial charge in [-0.2, -0.15) is 0 Å². The summed E-state index contributed by atoms with van der Waals surface area (Å²) in [6, 6.07) is 0. The molecule has 0 amide bonds. The quantitative estimate of drug-likeness (QED) is 0.211. The Bertz CT molecular complexity index is 243. The molecule has 0 aromatic heterocycles. The first-order chi connectivity index (χ1) is 13.9. The van der Waals surface area contributed by atoms with Crippen LogP contribution in [0.2, 0.25) is 0 Å². The second-order valence-electron chi connectivity index (χ2n) is 5.90. The fourth-order valence-electron chi connectivity index (χ4n) is 1.93. The average molecular weight is 411 g/mol. The maximum absolute atomic E-state index is 5.42. The molecule has 0 aromatic carbocycles. The van der Waals surface area contributed by atoms with Crippen LogP contribution in [0.3, 0.4) is 0 Å². The van der Waals surface area contributed by atoms with Crippen molar-refractivity contribution in [3.63, 3.8) is 0 Å². The third-order valence-electron chi connectivity index (χ3n) is 3.30. The predicted octanol–water partition coefficient (Wildman–Crippen LogP) is 1.94. The van der Waals surface area contributed by atoms with Crippen molar-refractivity contribution in [1.29, 1.82) is 0 Å². The van der Waals surface area contributed by atoms with Crippen molar-refractivity contribution < 1.29 is 37.9 Å². The summed E-state index contributed by atoms with van der Waals surface area (Å²) in [7, 11) is 0. The lowest BCUT2D eigenvalue weighted by molar-refractivity contribution is -0.0230. The maximum atomic E-state index is 5.42. The highest BCUT2D eigenvalue weighted by Gasteiger charge is 1.94. The molecule has 170 valence electrons. The molecular formula is C20H42O8. The molecule has 0 N–H and O–H groups in total. The minimum Gasteiger partial charge on any atom is -0.379 e. The van der Waals surface area contributed by atoms with Gasteiger partial charge >= 0.3 is 0 Å². The van der Waals surface area contributed by atoms with Crippen molar-refractivity contribution in [3.05, 3.63) is 0 Å². The summed E-state index contributed by atoms with van der Waals surface area (Å²) in [6.45, 7) is 13.9. The van der Waals surface area contributed by atoms with Crippen molar-refractivity contribution in [2.24, 2.45) is 0 Å². The van der Waals surface area contributed by atoms with Crippen LogP contribution in [0.5, 0.6) is 0 Å². The first kappa shape index (κ1) is 27.7. The van der Waals surface area contributed by atoms with E-state index >= 15 is 0 Å². The van der Waals surface area contributed by atoms with Crippen molar-refractivity contribution in [3.8, 4) is 0 Å². The zero-order valence-corrected chi connectivity index (χ0v) is 18.0. The summed E-state index contributed by atoms with van der Waals surface area (Å²) >= 11 is 0. The van der Waals surface area contributed by atoms with Crippen LogP contribution in [-0.2, 0) is 37.9 Å². The molecule has 0 spiro atoms. The van der Waals surface area contributed by atoms with Gasteiger partial charge in [0.15, 0.2) is 0 Å². The van der Waals surface area contributed by atoms with Crippen LogP contribution in [0.1, 0.15) is 26.7 Å². The molecule has 0 aliphatic heterocycles. The van der Waals surface area contributed by atoms with Gasteiger partial charge in [-0.25, -0.2) is 0 Å². The Kier molecular flexibility index (Phi) is 26.4. The molecule has 0 rings (SSSR count). The van der Waals surface area contributed by atoms with Gasteiger partial charge in [0, 0.05) is 13.2 Å². The zero-order chi connectivity index (χ0) is 20.4. The summed E-state index contributed by atoms with van der Waals surface area (Å²) in [5.74, 6) is 0. The Hall–Kier alpha value is -0.320. The molecule has 0 fully saturated rings. The molecular weight excluding hydrogens is 368 g/mol. The fourth-order valence-corrected chi connectivity index (χ4v) is 1.93. The summed E-state index contributed by atoms with van der Waals surface area (Å²) in [5.41, 5.74) is 0. The van der Waals surface area contributed by atoms with Crippen LogP contribution in [0, 0.1) is 0 Å². The van der Waals surface area contributed by atoms with Crippen molar-refractivity contribution in [1.82, 2.24) is 0 Å². The monoisotopic (exact) mass is 410 g/mol. The molecule has 0 atom stereocenters. The highest BCUT2D eigenvalue weighted by molar-refractivity contribution is 4.37. The Balaban J connectivity index is 2.96. The summed E-state index contributed by atoms with van der Waals surface area (Å²) in [6.07, 6.45) is 2.07. The molecule has 0 unspecified atom stereocenters. The molecule has 0 heterocycles. The minimum absolute atomic E-state index is 0.551. The van der Waals surface area contributed by atoms with Crippen LogP contribution in [0.4, 0.5) is 0 Å². The Morgan fingerprint density at radius 1 is 0.250 bits per heavy atom. The van der Waals surface area contributed by atoms with Crippen LogP contribution in [-0.4, -0.2) is 106 Å². The smallest absolute Gasteiger partial charge is 0.0701 e. The molecule has 0 aromatic rings. The number of hydrogen-bond donors (Lipinski definition) is 0. The van der Waals surface area contributed by atoms with E-state index in [-0.39, 0.29) is 0 Å². The van der Waals surface area contributed by atoms with Gasteiger partial charge in [-0.15, -0.1) is 0 Å². The minimum atomic E-state index is 0.551. The van der Waals surface area contributed by atoms with E-state index in [9.17, 15) is 0 Å². The van der Waals surface area contributed by atoms with E-state index in [1.807, 2.05) is 0 Å². The maximum Gasteiger partial charge on any atom is 0.0701 e. The largest absolute Gasteiger partial charge is 0.379 e. The molecule has 0 aliphatic rings. The van der Waals surface area contributed by atoms with Gasteiger partial charge in [-0.3, -0.25) is 0 Å². The van der Waals surface area contributed by atoms with Crippen LogP contribution in [0.25, 0.3) is 0 Å². The Morgan fingerprint density at radius 2 is 0.393 bits per heavy atom. The van der Waals surface area contributed by atoms with E-state index in [0.717, 1.165) is 26.1 Å². The summed E-state index contributed by atoms with van der Waals surface area (Å²) < 4.78 is 43.0. The Morgan fingerprint density at radius 3 is 0.536 bits per heavy atom. The SMILES string of the molecule is CCCOCCOCCOCCOCCOCCOCCOCCOCCC. The normalized spacial score (nSPS) is 11.4. The lowest BCUT2D eigenvalue weighted by Crippen LogP contribution is -2.15. The topological polar surface area (TPSA) is 73.8 Å². The van der Waals surface area contributed by atoms with Crippen LogP contribution < -0.4 is 0 Å². The molecule has 8 heteroatoms. The number of ether oxygens (including phenoxy) is 8. The zero-order valence-electron chi connectivity index (χ0n) is 18.0. The van der Waals surface area contributed by atoms with Gasteiger partial charge in [0.25, 0.3) is 0 Å². The second kappa shape index (κ2) is 26.7. The third-order valence-corrected chi connectivity index (χ3v) is 3.30. The van der Waals surface area contributed by atoms with Crippen molar-refractivity contribution in [2.75, 3.05) is 106 Å². The second-order valence-corrected chi connectivity index (χ2v) is 5.90. The molecule has 0 bridgehead atoms. The van der Waals surface area contributed by atoms with E-state index in [1.54, 1.807) is 0 Å². The van der Waals surface area contributed by atoms with E-state index < -0.39 is 0 Å². The van der Waals surface area contributed by atoms with E-state index in [0.29, 0.717) is 92.5 Å². The van der Waals surface area contributed by atoms with Gasteiger partial charge in [0.2, 0.25) is 0 Å². The molecule has 8 nitrogen and oxygen atoms in total. The first-order valence-electron chi connectivity index (χ1n) is 10.5. The first-order valence-corrected chi connectivity index (χ1v) is 10.5. The summed E-state index contributed by atoms with van der Waals surface area (Å²) in [4.78, 5) is 0. The molecule has 0 saturated heterocycles. The van der Waals surface area contributed by atoms with E-state index in [2.05, 4.69) is 13.8 Å².